The van der Waals surface area contributed by atoms with Gasteiger partial charge in [0.05, 0.1) is 24.7 Å². The minimum atomic E-state index is -3.05. The van der Waals surface area contributed by atoms with Gasteiger partial charge in [-0.3, -0.25) is 0 Å². The standard InChI is InChI=1S/C14H19FN2O4S/c1-9(12-7-10(15)3-4-13(12)21-2)16-14(18)17-11-5-6-22(19,20)8-11/h3-4,7,9,11H,5-6,8H2,1-2H3,(H2,16,17,18)/t9-,11-/m1/s1. The average molecular weight is 330 g/mol. The van der Waals surface area contributed by atoms with Crippen LogP contribution in [0.4, 0.5) is 9.18 Å². The Morgan fingerprint density at radius 2 is 2.18 bits per heavy atom. The number of rotatable bonds is 4. The van der Waals surface area contributed by atoms with Crippen molar-refractivity contribution in [1.82, 2.24) is 10.6 Å². The highest BCUT2D eigenvalue weighted by Gasteiger charge is 2.29. The maximum absolute atomic E-state index is 13.3. The lowest BCUT2D eigenvalue weighted by Crippen LogP contribution is -2.43. The van der Waals surface area contributed by atoms with Crippen molar-refractivity contribution in [2.45, 2.75) is 25.4 Å². The molecule has 0 aromatic heterocycles. The highest BCUT2D eigenvalue weighted by atomic mass is 32.2. The van der Waals surface area contributed by atoms with E-state index in [1.54, 1.807) is 6.92 Å². The van der Waals surface area contributed by atoms with E-state index in [2.05, 4.69) is 10.6 Å². The Kier molecular flexibility index (Phi) is 4.90. The normalized spacial score (nSPS) is 21.1. The summed E-state index contributed by atoms with van der Waals surface area (Å²) in [5.41, 5.74) is 0.511. The van der Waals surface area contributed by atoms with E-state index in [-0.39, 0.29) is 17.5 Å². The molecule has 0 radical (unpaired) electrons. The van der Waals surface area contributed by atoms with Crippen LogP contribution in [0, 0.1) is 5.82 Å². The third kappa shape index (κ3) is 4.09. The van der Waals surface area contributed by atoms with Gasteiger partial charge in [0.1, 0.15) is 11.6 Å². The van der Waals surface area contributed by atoms with Gasteiger partial charge in [-0.25, -0.2) is 17.6 Å². The van der Waals surface area contributed by atoms with Crippen LogP contribution in [0.15, 0.2) is 18.2 Å². The molecule has 2 rings (SSSR count). The Morgan fingerprint density at radius 1 is 1.45 bits per heavy atom. The zero-order chi connectivity index (χ0) is 16.3. The highest BCUT2D eigenvalue weighted by Crippen LogP contribution is 2.25. The number of nitrogens with one attached hydrogen (secondary N) is 2. The molecule has 1 aromatic rings. The molecule has 0 spiro atoms. The Balaban J connectivity index is 1.98. The summed E-state index contributed by atoms with van der Waals surface area (Å²) in [5, 5.41) is 5.28. The summed E-state index contributed by atoms with van der Waals surface area (Å²) < 4.78 is 41.2. The predicted molar refractivity (Wildman–Crippen MR) is 80.1 cm³/mol. The molecular weight excluding hydrogens is 311 g/mol. The summed E-state index contributed by atoms with van der Waals surface area (Å²) in [6, 6.07) is 2.71. The van der Waals surface area contributed by atoms with E-state index in [4.69, 9.17) is 4.74 Å². The summed E-state index contributed by atoms with van der Waals surface area (Å²) in [7, 11) is -1.58. The summed E-state index contributed by atoms with van der Waals surface area (Å²) in [4.78, 5) is 11.9. The molecule has 1 fully saturated rings. The van der Waals surface area contributed by atoms with Crippen LogP contribution < -0.4 is 15.4 Å². The van der Waals surface area contributed by atoms with E-state index in [1.165, 1.54) is 25.3 Å². The van der Waals surface area contributed by atoms with Crippen molar-refractivity contribution in [3.05, 3.63) is 29.6 Å². The first-order chi connectivity index (χ1) is 10.3. The third-order valence-corrected chi connectivity index (χ3v) is 5.34. The molecule has 2 atom stereocenters. The van der Waals surface area contributed by atoms with Crippen molar-refractivity contribution in [3.8, 4) is 5.75 Å². The summed E-state index contributed by atoms with van der Waals surface area (Å²) >= 11 is 0. The molecule has 0 unspecified atom stereocenters. The largest absolute Gasteiger partial charge is 0.496 e. The molecular formula is C14H19FN2O4S. The molecule has 6 nitrogen and oxygen atoms in total. The van der Waals surface area contributed by atoms with E-state index < -0.39 is 27.7 Å². The van der Waals surface area contributed by atoms with Crippen LogP contribution in [0.3, 0.4) is 0 Å². The fraction of sp³-hybridized carbons (Fsp3) is 0.500. The first-order valence-corrected chi connectivity index (χ1v) is 8.74. The fourth-order valence-electron chi connectivity index (χ4n) is 2.45. The van der Waals surface area contributed by atoms with Gasteiger partial charge in [-0.05, 0) is 31.5 Å². The third-order valence-electron chi connectivity index (χ3n) is 3.57. The molecule has 122 valence electrons. The smallest absolute Gasteiger partial charge is 0.315 e. The van der Waals surface area contributed by atoms with E-state index in [0.717, 1.165) is 0 Å². The molecule has 1 aliphatic rings. The number of amides is 2. The lowest BCUT2D eigenvalue weighted by atomic mass is 10.1. The van der Waals surface area contributed by atoms with Crippen LogP contribution in [0.1, 0.15) is 24.9 Å². The predicted octanol–water partition coefficient (Wildman–Crippen LogP) is 1.38. The molecule has 8 heteroatoms. The summed E-state index contributed by atoms with van der Waals surface area (Å²) in [6.07, 6.45) is 0.410. The lowest BCUT2D eigenvalue weighted by molar-refractivity contribution is 0.234. The molecule has 0 aliphatic carbocycles. The molecule has 22 heavy (non-hydrogen) atoms. The number of urea groups is 1. The van der Waals surface area contributed by atoms with E-state index in [1.807, 2.05) is 0 Å². The van der Waals surface area contributed by atoms with Crippen molar-refractivity contribution in [1.29, 1.82) is 0 Å². The van der Waals surface area contributed by atoms with E-state index in [9.17, 15) is 17.6 Å². The van der Waals surface area contributed by atoms with Gasteiger partial charge in [0.15, 0.2) is 9.84 Å². The van der Waals surface area contributed by atoms with Crippen LogP contribution in [0.5, 0.6) is 5.75 Å². The number of benzene rings is 1. The fourth-order valence-corrected chi connectivity index (χ4v) is 4.13. The summed E-state index contributed by atoms with van der Waals surface area (Å²) in [6.45, 7) is 1.70. The first kappa shape index (κ1) is 16.5. The van der Waals surface area contributed by atoms with E-state index in [0.29, 0.717) is 17.7 Å². The molecule has 0 bridgehead atoms. The molecule has 1 aliphatic heterocycles. The van der Waals surface area contributed by atoms with Gasteiger partial charge in [0.2, 0.25) is 0 Å². The molecule has 2 N–H and O–H groups in total. The number of hydrogen-bond donors (Lipinski definition) is 2. The number of sulfone groups is 1. The first-order valence-electron chi connectivity index (χ1n) is 6.91. The Bertz CT molecular complexity index is 663. The van der Waals surface area contributed by atoms with Gasteiger partial charge in [-0.2, -0.15) is 0 Å². The second kappa shape index (κ2) is 6.51. The minimum absolute atomic E-state index is 0.0436. The van der Waals surface area contributed by atoms with E-state index >= 15 is 0 Å². The zero-order valence-corrected chi connectivity index (χ0v) is 13.2. The maximum Gasteiger partial charge on any atom is 0.315 e. The quantitative estimate of drug-likeness (QED) is 0.873. The number of methoxy groups -OCH3 is 1. The van der Waals surface area contributed by atoms with Crippen LogP contribution in [0.25, 0.3) is 0 Å². The van der Waals surface area contributed by atoms with Crippen LogP contribution in [-0.2, 0) is 9.84 Å². The minimum Gasteiger partial charge on any atom is -0.496 e. The summed E-state index contributed by atoms with van der Waals surface area (Å²) in [5.74, 6) is 0.0907. The van der Waals surface area contributed by atoms with Crippen LogP contribution >= 0.6 is 0 Å². The van der Waals surface area contributed by atoms with Crippen molar-refractivity contribution < 1.29 is 22.3 Å². The van der Waals surface area contributed by atoms with Crippen molar-refractivity contribution in [2.24, 2.45) is 0 Å². The molecule has 1 aromatic carbocycles. The van der Waals surface area contributed by atoms with Crippen LogP contribution in [-0.4, -0.2) is 39.1 Å². The zero-order valence-electron chi connectivity index (χ0n) is 12.4. The monoisotopic (exact) mass is 330 g/mol. The van der Waals surface area contributed by atoms with Crippen LogP contribution in [0.2, 0.25) is 0 Å². The number of carbonyl (C=O) groups excluding carboxylic acids is 1. The average Bonchev–Trinajstić information content (AvgIpc) is 2.77. The second-order valence-corrected chi connectivity index (χ2v) is 7.55. The Labute approximate surface area is 129 Å². The highest BCUT2D eigenvalue weighted by molar-refractivity contribution is 7.91. The molecule has 2 amide bonds. The van der Waals surface area contributed by atoms with Gasteiger partial charge in [0.25, 0.3) is 0 Å². The number of ether oxygens (including phenoxy) is 1. The number of carbonyl (C=O) groups is 1. The topological polar surface area (TPSA) is 84.5 Å². The van der Waals surface area contributed by atoms with Crippen molar-refractivity contribution in [2.75, 3.05) is 18.6 Å². The lowest BCUT2D eigenvalue weighted by Gasteiger charge is -2.19. The number of halogens is 1. The molecule has 1 saturated heterocycles. The van der Waals surface area contributed by atoms with Crippen molar-refractivity contribution >= 4 is 15.9 Å². The maximum atomic E-state index is 13.3. The number of hydrogen-bond acceptors (Lipinski definition) is 4. The van der Waals surface area contributed by atoms with Gasteiger partial charge in [-0.1, -0.05) is 0 Å². The Morgan fingerprint density at radius 3 is 2.77 bits per heavy atom. The molecule has 1 heterocycles. The SMILES string of the molecule is COc1ccc(F)cc1[C@@H](C)NC(=O)N[C@@H]1CCS(=O)(=O)C1. The molecule has 0 saturated carbocycles. The van der Waals surface area contributed by atoms with Gasteiger partial charge < -0.3 is 15.4 Å². The van der Waals surface area contributed by atoms with Gasteiger partial charge in [-0.15, -0.1) is 0 Å². The Hall–Kier alpha value is -1.83. The second-order valence-electron chi connectivity index (χ2n) is 5.33. The van der Waals surface area contributed by atoms with Gasteiger partial charge >= 0.3 is 6.03 Å². The van der Waals surface area contributed by atoms with Gasteiger partial charge in [0, 0.05) is 11.6 Å². The van der Waals surface area contributed by atoms with Crippen molar-refractivity contribution in [3.63, 3.8) is 0 Å².